The van der Waals surface area contributed by atoms with Crippen molar-refractivity contribution >= 4 is 33.8 Å². The molecule has 31 heavy (non-hydrogen) atoms. The van der Waals surface area contributed by atoms with Crippen LogP contribution in [0.2, 0.25) is 0 Å². The van der Waals surface area contributed by atoms with Crippen molar-refractivity contribution < 1.29 is 23.5 Å². The second-order valence-corrected chi connectivity index (χ2v) is 10.7. The van der Waals surface area contributed by atoms with Gasteiger partial charge in [0.15, 0.2) is 0 Å². The molecule has 2 aliphatic carbocycles. The lowest BCUT2D eigenvalue weighted by Gasteiger charge is -2.35. The van der Waals surface area contributed by atoms with E-state index >= 15 is 0 Å². The molecule has 4 rings (SSSR count). The van der Waals surface area contributed by atoms with Gasteiger partial charge in [-0.15, -0.1) is 0 Å². The second-order valence-electron chi connectivity index (χ2n) is 9.77. The predicted molar refractivity (Wildman–Crippen MR) is 114 cm³/mol. The molecular formula is C22H27BrFN3O4. The Balaban J connectivity index is 1.52. The molecule has 1 aromatic carbocycles. The highest BCUT2D eigenvalue weighted by Gasteiger charge is 2.67. The van der Waals surface area contributed by atoms with E-state index in [1.54, 1.807) is 37.8 Å². The number of rotatable bonds is 5. The Labute approximate surface area is 189 Å². The van der Waals surface area contributed by atoms with Gasteiger partial charge < -0.3 is 15.8 Å². The van der Waals surface area contributed by atoms with Crippen molar-refractivity contribution in [1.29, 1.82) is 0 Å². The van der Waals surface area contributed by atoms with Gasteiger partial charge in [-0.1, -0.05) is 22.0 Å². The normalized spacial score (nSPS) is 29.3. The maximum atomic E-state index is 14.3. The monoisotopic (exact) mass is 495 g/mol. The average Bonchev–Trinajstić information content (AvgIpc) is 3.25. The number of nitrogens with zero attached hydrogens (tertiary/aromatic N) is 1. The smallest absolute Gasteiger partial charge is 0.411 e. The van der Waals surface area contributed by atoms with E-state index in [1.807, 2.05) is 0 Å². The molecule has 1 heterocycles. The van der Waals surface area contributed by atoms with Crippen LogP contribution in [0, 0.1) is 23.6 Å². The first-order valence-corrected chi connectivity index (χ1v) is 11.3. The van der Waals surface area contributed by atoms with E-state index in [-0.39, 0.29) is 23.9 Å². The van der Waals surface area contributed by atoms with Crippen LogP contribution in [-0.2, 0) is 20.7 Å². The SMILES string of the molecule is CC(C)(C)OC(=O)N1[C@H](C(=O)N[C@@H](Cc2ccc(Br)cc2F)C(N)=O)[C@@H]2C[C@H]1[C@H]1C[C@@H]21. The van der Waals surface area contributed by atoms with Gasteiger partial charge in [-0.25, -0.2) is 9.18 Å². The van der Waals surface area contributed by atoms with Gasteiger partial charge in [0.2, 0.25) is 11.8 Å². The fourth-order valence-electron chi connectivity index (χ4n) is 5.17. The van der Waals surface area contributed by atoms with Crippen LogP contribution < -0.4 is 11.1 Å². The third-order valence-corrected chi connectivity index (χ3v) is 6.98. The summed E-state index contributed by atoms with van der Waals surface area (Å²) < 4.78 is 20.4. The van der Waals surface area contributed by atoms with Crippen molar-refractivity contribution in [3.05, 3.63) is 34.1 Å². The van der Waals surface area contributed by atoms with Crippen molar-refractivity contribution in [3.8, 4) is 0 Å². The Kier molecular flexibility index (Phi) is 5.52. The number of amides is 3. The lowest BCUT2D eigenvalue weighted by Crippen LogP contribution is -2.58. The molecule has 1 aromatic rings. The molecule has 0 radical (unpaired) electrons. The number of fused-ring (bicyclic) bond motifs is 5. The number of carbonyl (C=O) groups is 3. The molecule has 0 spiro atoms. The Hall–Kier alpha value is -2.16. The number of hydrogen-bond donors (Lipinski definition) is 2. The van der Waals surface area contributed by atoms with Gasteiger partial charge in [0.05, 0.1) is 0 Å². The van der Waals surface area contributed by atoms with Crippen LogP contribution in [-0.4, -0.2) is 46.5 Å². The van der Waals surface area contributed by atoms with Crippen LogP contribution in [0.25, 0.3) is 0 Å². The van der Waals surface area contributed by atoms with Crippen LogP contribution in [0.5, 0.6) is 0 Å². The molecule has 6 atom stereocenters. The van der Waals surface area contributed by atoms with Gasteiger partial charge >= 0.3 is 6.09 Å². The topological polar surface area (TPSA) is 102 Å². The molecule has 168 valence electrons. The minimum Gasteiger partial charge on any atom is -0.444 e. The summed E-state index contributed by atoms with van der Waals surface area (Å²) in [6.07, 6.45) is 1.18. The molecule has 3 amide bonds. The molecule has 9 heteroatoms. The van der Waals surface area contributed by atoms with Crippen molar-refractivity contribution in [2.24, 2.45) is 23.5 Å². The lowest BCUT2D eigenvalue weighted by molar-refractivity contribution is -0.132. The summed E-state index contributed by atoms with van der Waals surface area (Å²) in [5, 5.41) is 2.68. The van der Waals surface area contributed by atoms with Gasteiger partial charge in [-0.05, 0) is 69.1 Å². The molecule has 3 N–H and O–H groups in total. The van der Waals surface area contributed by atoms with Crippen LogP contribution in [0.1, 0.15) is 39.2 Å². The summed E-state index contributed by atoms with van der Waals surface area (Å²) in [4.78, 5) is 39.7. The number of nitrogens with two attached hydrogens (primary N) is 1. The number of likely N-dealkylation sites (tertiary alicyclic amines) is 1. The first-order valence-electron chi connectivity index (χ1n) is 10.5. The lowest BCUT2D eigenvalue weighted by atomic mass is 9.95. The van der Waals surface area contributed by atoms with Crippen molar-refractivity contribution in [3.63, 3.8) is 0 Å². The molecule has 7 nitrogen and oxygen atoms in total. The Morgan fingerprint density at radius 3 is 2.58 bits per heavy atom. The summed E-state index contributed by atoms with van der Waals surface area (Å²) in [6, 6.07) is 2.68. The Morgan fingerprint density at radius 1 is 1.26 bits per heavy atom. The molecule has 1 aliphatic heterocycles. The van der Waals surface area contributed by atoms with E-state index in [0.29, 0.717) is 16.3 Å². The maximum absolute atomic E-state index is 14.3. The van der Waals surface area contributed by atoms with Gasteiger partial charge in [0.25, 0.3) is 0 Å². The van der Waals surface area contributed by atoms with Crippen LogP contribution in [0.15, 0.2) is 22.7 Å². The Bertz CT molecular complexity index is 934. The molecule has 0 unspecified atom stereocenters. The summed E-state index contributed by atoms with van der Waals surface area (Å²) in [5.74, 6) is -0.802. The van der Waals surface area contributed by atoms with Crippen molar-refractivity contribution in [2.75, 3.05) is 0 Å². The summed E-state index contributed by atoms with van der Waals surface area (Å²) in [6.45, 7) is 5.35. The number of primary amides is 1. The molecule has 1 saturated heterocycles. The second kappa shape index (κ2) is 7.76. The first-order chi connectivity index (χ1) is 14.5. The largest absolute Gasteiger partial charge is 0.444 e. The number of carbonyl (C=O) groups excluding carboxylic acids is 3. The molecular weight excluding hydrogens is 469 g/mol. The van der Waals surface area contributed by atoms with E-state index in [4.69, 9.17) is 10.5 Å². The van der Waals surface area contributed by atoms with Gasteiger partial charge in [-0.3, -0.25) is 14.5 Å². The number of piperidine rings is 1. The molecule has 2 bridgehead atoms. The minimum atomic E-state index is -1.09. The number of hydrogen-bond acceptors (Lipinski definition) is 4. The third kappa shape index (κ3) is 4.29. The highest BCUT2D eigenvalue weighted by Crippen LogP contribution is 2.63. The number of nitrogens with one attached hydrogen (secondary N) is 1. The number of halogens is 2. The van der Waals surface area contributed by atoms with Crippen molar-refractivity contribution in [1.82, 2.24) is 10.2 Å². The standard InChI is InChI=1S/C22H27BrFN3O4/c1-22(2,3)31-21(30)27-17-9-14(12-8-13(12)17)18(27)20(29)26-16(19(25)28)6-10-4-5-11(23)7-15(10)24/h4-5,7,12-14,16-18H,6,8-9H2,1-3H3,(H2,25,28)(H,26,29)/t12-,13+,14-,16+,17+,18+/m1/s1. The molecule has 2 saturated carbocycles. The molecule has 3 fully saturated rings. The Morgan fingerprint density at radius 2 is 1.97 bits per heavy atom. The van der Waals surface area contributed by atoms with E-state index in [0.717, 1.165) is 12.8 Å². The molecule has 0 aromatic heterocycles. The highest BCUT2D eigenvalue weighted by molar-refractivity contribution is 9.10. The van der Waals surface area contributed by atoms with Crippen LogP contribution >= 0.6 is 15.9 Å². The van der Waals surface area contributed by atoms with Gasteiger partial charge in [0.1, 0.15) is 23.5 Å². The minimum absolute atomic E-state index is 0.0171. The van der Waals surface area contributed by atoms with Gasteiger partial charge in [-0.2, -0.15) is 0 Å². The number of benzene rings is 1. The zero-order valence-electron chi connectivity index (χ0n) is 17.7. The zero-order chi connectivity index (χ0) is 22.7. The highest BCUT2D eigenvalue weighted by atomic mass is 79.9. The predicted octanol–water partition coefficient (Wildman–Crippen LogP) is 2.74. The summed E-state index contributed by atoms with van der Waals surface area (Å²) in [7, 11) is 0. The third-order valence-electron chi connectivity index (χ3n) is 6.48. The average molecular weight is 496 g/mol. The van der Waals surface area contributed by atoms with E-state index in [2.05, 4.69) is 21.2 Å². The van der Waals surface area contributed by atoms with E-state index in [1.165, 1.54) is 6.07 Å². The van der Waals surface area contributed by atoms with Gasteiger partial charge in [0, 0.05) is 16.9 Å². The quantitative estimate of drug-likeness (QED) is 0.655. The zero-order valence-corrected chi connectivity index (χ0v) is 19.3. The fourth-order valence-corrected chi connectivity index (χ4v) is 5.50. The van der Waals surface area contributed by atoms with Crippen LogP contribution in [0.3, 0.4) is 0 Å². The first kappa shape index (κ1) is 22.0. The van der Waals surface area contributed by atoms with Crippen molar-refractivity contribution in [2.45, 2.75) is 63.8 Å². The molecule has 3 aliphatic rings. The number of ether oxygens (including phenoxy) is 1. The van der Waals surface area contributed by atoms with E-state index < -0.39 is 41.4 Å². The van der Waals surface area contributed by atoms with Crippen LogP contribution in [0.4, 0.5) is 9.18 Å². The fraction of sp³-hybridized carbons (Fsp3) is 0.591. The summed E-state index contributed by atoms with van der Waals surface area (Å²) in [5.41, 5.74) is 5.10. The van der Waals surface area contributed by atoms with E-state index in [9.17, 15) is 18.8 Å². The maximum Gasteiger partial charge on any atom is 0.411 e. The summed E-state index contributed by atoms with van der Waals surface area (Å²) >= 11 is 3.19.